The molecule has 0 aromatic heterocycles. The molecule has 0 bridgehead atoms. The van der Waals surface area contributed by atoms with Crippen LogP contribution in [0.1, 0.15) is 5.56 Å². The van der Waals surface area contributed by atoms with Crippen molar-refractivity contribution in [2.45, 2.75) is 4.90 Å². The van der Waals surface area contributed by atoms with Gasteiger partial charge in [-0.3, -0.25) is 4.90 Å². The van der Waals surface area contributed by atoms with Crippen molar-refractivity contribution in [3.05, 3.63) is 29.8 Å². The van der Waals surface area contributed by atoms with E-state index in [0.29, 0.717) is 17.0 Å². The molecule has 7 heteroatoms. The first-order valence-electron chi connectivity index (χ1n) is 6.92. The van der Waals surface area contributed by atoms with E-state index >= 15 is 0 Å². The summed E-state index contributed by atoms with van der Waals surface area (Å²) in [5, 5.41) is 0. The molecular weight excluding hydrogens is 306 g/mol. The summed E-state index contributed by atoms with van der Waals surface area (Å²) in [7, 11) is -1.22. The molecule has 5 nitrogen and oxygen atoms in total. The topological polar surface area (TPSA) is 66.6 Å². The molecule has 1 aromatic carbocycles. The van der Waals surface area contributed by atoms with Crippen LogP contribution < -0.4 is 5.73 Å². The summed E-state index contributed by atoms with van der Waals surface area (Å²) in [4.78, 5) is 4.94. The van der Waals surface area contributed by atoms with Gasteiger partial charge in [0, 0.05) is 38.3 Å². The first kappa shape index (κ1) is 16.4. The van der Waals surface area contributed by atoms with Crippen LogP contribution in [0, 0.1) is 0 Å². The van der Waals surface area contributed by atoms with E-state index in [2.05, 4.69) is 16.8 Å². The van der Waals surface area contributed by atoms with Crippen molar-refractivity contribution in [2.24, 2.45) is 5.73 Å². The summed E-state index contributed by atoms with van der Waals surface area (Å²) in [6.45, 7) is 4.36. The van der Waals surface area contributed by atoms with Crippen molar-refractivity contribution in [2.75, 3.05) is 45.5 Å². The maximum atomic E-state index is 12.4. The molecule has 0 saturated carbocycles. The highest BCUT2D eigenvalue weighted by Gasteiger charge is 2.19. The van der Waals surface area contributed by atoms with Gasteiger partial charge < -0.3 is 10.6 Å². The van der Waals surface area contributed by atoms with Gasteiger partial charge in [0.05, 0.1) is 10.6 Å². The number of benzene rings is 1. The molecule has 1 fully saturated rings. The predicted octanol–water partition coefficient (Wildman–Crippen LogP) is 0.342. The van der Waals surface area contributed by atoms with Gasteiger partial charge in [0.15, 0.2) is 9.84 Å². The highest BCUT2D eigenvalue weighted by atomic mass is 32.2. The fraction of sp³-hybridized carbons (Fsp3) is 0.500. The summed E-state index contributed by atoms with van der Waals surface area (Å²) < 4.78 is 24.8. The maximum Gasteiger partial charge on any atom is 0.179 e. The zero-order valence-corrected chi connectivity index (χ0v) is 13.8. The van der Waals surface area contributed by atoms with Crippen LogP contribution in [0.5, 0.6) is 0 Å². The molecule has 0 spiro atoms. The Bertz CT molecular complexity index is 608. The van der Waals surface area contributed by atoms with Gasteiger partial charge >= 0.3 is 0 Å². The number of rotatable bonds is 5. The molecule has 0 atom stereocenters. The van der Waals surface area contributed by atoms with Crippen molar-refractivity contribution < 1.29 is 8.42 Å². The predicted molar refractivity (Wildman–Crippen MR) is 88.3 cm³/mol. The molecule has 0 unspecified atom stereocenters. The maximum absolute atomic E-state index is 12.4. The molecule has 0 radical (unpaired) electrons. The van der Waals surface area contributed by atoms with Crippen LogP contribution in [-0.2, 0) is 9.84 Å². The number of hydrogen-bond donors (Lipinski definition) is 1. The van der Waals surface area contributed by atoms with Crippen LogP contribution >= 0.6 is 12.2 Å². The third-order valence-corrected chi connectivity index (χ3v) is 5.68. The minimum atomic E-state index is -3.30. The van der Waals surface area contributed by atoms with Crippen molar-refractivity contribution in [1.29, 1.82) is 0 Å². The van der Waals surface area contributed by atoms with Crippen LogP contribution in [0.25, 0.3) is 0 Å². The van der Waals surface area contributed by atoms with E-state index in [9.17, 15) is 8.42 Å². The van der Waals surface area contributed by atoms with Crippen LogP contribution in [0.2, 0.25) is 0 Å². The van der Waals surface area contributed by atoms with Crippen molar-refractivity contribution in [3.8, 4) is 0 Å². The van der Waals surface area contributed by atoms with Crippen molar-refractivity contribution in [1.82, 2.24) is 9.80 Å². The minimum Gasteiger partial charge on any atom is -0.389 e. The molecule has 1 aromatic rings. The van der Waals surface area contributed by atoms with Gasteiger partial charge in [0.1, 0.15) is 4.99 Å². The second-order valence-corrected chi connectivity index (χ2v) is 7.90. The second kappa shape index (κ2) is 6.83. The van der Waals surface area contributed by atoms with Gasteiger partial charge in [-0.1, -0.05) is 24.4 Å². The average molecular weight is 327 g/mol. The lowest BCUT2D eigenvalue weighted by atomic mass is 10.2. The smallest absolute Gasteiger partial charge is 0.179 e. The third-order valence-electron chi connectivity index (χ3n) is 3.75. The molecule has 0 aliphatic carbocycles. The Hall–Kier alpha value is -1.02. The fourth-order valence-electron chi connectivity index (χ4n) is 2.28. The number of sulfone groups is 1. The van der Waals surface area contributed by atoms with E-state index in [4.69, 9.17) is 18.0 Å². The van der Waals surface area contributed by atoms with E-state index in [1.54, 1.807) is 24.3 Å². The van der Waals surface area contributed by atoms with Crippen LogP contribution in [0.15, 0.2) is 29.2 Å². The number of hydrogen-bond acceptors (Lipinski definition) is 5. The standard InChI is InChI=1S/C14H21N3O2S2/c1-16-5-7-17(8-6-16)9-10-21(18,19)13-4-2-3-12(11-13)14(15)20/h2-4,11H,5-10H2,1H3,(H2,15,20). The molecule has 21 heavy (non-hydrogen) atoms. The third kappa shape index (κ3) is 4.47. The number of nitrogens with two attached hydrogens (primary N) is 1. The Kier molecular flexibility index (Phi) is 5.32. The summed E-state index contributed by atoms with van der Waals surface area (Å²) in [6, 6.07) is 6.56. The minimum absolute atomic E-state index is 0.123. The van der Waals surface area contributed by atoms with Gasteiger partial charge in [0.25, 0.3) is 0 Å². The number of likely N-dealkylation sites (N-methyl/N-ethyl adjacent to an activating group) is 1. The SMILES string of the molecule is CN1CCN(CCS(=O)(=O)c2cccc(C(N)=S)c2)CC1. The highest BCUT2D eigenvalue weighted by Crippen LogP contribution is 2.14. The summed E-state index contributed by atoms with van der Waals surface area (Å²) >= 11 is 4.89. The van der Waals surface area contributed by atoms with E-state index < -0.39 is 9.84 Å². The quantitative estimate of drug-likeness (QED) is 0.787. The van der Waals surface area contributed by atoms with E-state index in [1.807, 2.05) is 0 Å². The number of piperazine rings is 1. The monoisotopic (exact) mass is 327 g/mol. The Labute approximate surface area is 131 Å². The Balaban J connectivity index is 2.01. The largest absolute Gasteiger partial charge is 0.389 e. The molecule has 0 amide bonds. The fourth-order valence-corrected chi connectivity index (χ4v) is 3.74. The van der Waals surface area contributed by atoms with Gasteiger partial charge in [-0.25, -0.2) is 8.42 Å². The summed E-state index contributed by atoms with van der Waals surface area (Å²) in [5.74, 6) is 0.123. The first-order valence-corrected chi connectivity index (χ1v) is 8.98. The lowest BCUT2D eigenvalue weighted by Gasteiger charge is -2.32. The normalized spacial score (nSPS) is 17.8. The van der Waals surface area contributed by atoms with E-state index in [0.717, 1.165) is 26.2 Å². The molecule has 1 saturated heterocycles. The van der Waals surface area contributed by atoms with Crippen LogP contribution in [0.3, 0.4) is 0 Å². The van der Waals surface area contributed by atoms with Gasteiger partial charge in [-0.15, -0.1) is 0 Å². The molecule has 2 rings (SSSR count). The second-order valence-electron chi connectivity index (χ2n) is 5.36. The molecule has 1 aliphatic rings. The van der Waals surface area contributed by atoms with Gasteiger partial charge in [-0.05, 0) is 19.2 Å². The Morgan fingerprint density at radius 2 is 1.95 bits per heavy atom. The highest BCUT2D eigenvalue weighted by molar-refractivity contribution is 7.91. The number of nitrogens with zero attached hydrogens (tertiary/aromatic N) is 2. The zero-order chi connectivity index (χ0) is 15.5. The molecular formula is C14H21N3O2S2. The first-order chi connectivity index (χ1) is 9.88. The summed E-state index contributed by atoms with van der Waals surface area (Å²) in [6.07, 6.45) is 0. The van der Waals surface area contributed by atoms with E-state index in [-0.39, 0.29) is 10.7 Å². The number of thiocarbonyl (C=S) groups is 1. The Morgan fingerprint density at radius 3 is 2.57 bits per heavy atom. The van der Waals surface area contributed by atoms with Crippen LogP contribution in [0.4, 0.5) is 0 Å². The van der Waals surface area contributed by atoms with E-state index in [1.165, 1.54) is 0 Å². The average Bonchev–Trinajstić information content (AvgIpc) is 2.47. The van der Waals surface area contributed by atoms with Crippen LogP contribution in [-0.4, -0.2) is 68.7 Å². The molecule has 1 heterocycles. The lowest BCUT2D eigenvalue weighted by Crippen LogP contribution is -2.45. The van der Waals surface area contributed by atoms with Gasteiger partial charge in [-0.2, -0.15) is 0 Å². The molecule has 1 aliphatic heterocycles. The zero-order valence-electron chi connectivity index (χ0n) is 12.2. The van der Waals surface area contributed by atoms with Crippen molar-refractivity contribution in [3.63, 3.8) is 0 Å². The lowest BCUT2D eigenvalue weighted by molar-refractivity contribution is 0.161. The molecule has 116 valence electrons. The van der Waals surface area contributed by atoms with Gasteiger partial charge in [0.2, 0.25) is 0 Å². The summed E-state index contributed by atoms with van der Waals surface area (Å²) in [5.41, 5.74) is 6.14. The Morgan fingerprint density at radius 1 is 1.29 bits per heavy atom. The molecule has 2 N–H and O–H groups in total. The van der Waals surface area contributed by atoms with Crippen molar-refractivity contribution >= 4 is 27.0 Å².